The fourth-order valence-corrected chi connectivity index (χ4v) is 2.31. The summed E-state index contributed by atoms with van der Waals surface area (Å²) >= 11 is 0. The molecule has 0 radical (unpaired) electrons. The average molecular weight is 228 g/mol. The molecule has 0 bridgehead atoms. The first-order valence-electron chi connectivity index (χ1n) is 6.33. The predicted octanol–water partition coefficient (Wildman–Crippen LogP) is 3.34. The van der Waals surface area contributed by atoms with Crippen LogP contribution in [0.3, 0.4) is 0 Å². The fraction of sp³-hybridized carbons (Fsp3) is 0.533. The molecule has 0 aliphatic heterocycles. The lowest BCUT2D eigenvalue weighted by Crippen LogP contribution is -2.27. The summed E-state index contributed by atoms with van der Waals surface area (Å²) in [5.41, 5.74) is 2.98. The molecule has 2 nitrogen and oxygen atoms in total. The van der Waals surface area contributed by atoms with Crippen LogP contribution >= 0.6 is 0 Å². The lowest BCUT2D eigenvalue weighted by atomic mass is 10.00. The summed E-state index contributed by atoms with van der Waals surface area (Å²) in [6, 6.07) is 11.2. The zero-order valence-corrected chi connectivity index (χ0v) is 10.7. The van der Waals surface area contributed by atoms with Crippen LogP contribution in [0.25, 0.3) is 0 Å². The molecule has 1 aliphatic rings. The molecule has 0 amide bonds. The van der Waals surface area contributed by atoms with Crippen molar-refractivity contribution in [2.45, 2.75) is 39.2 Å². The maximum absolute atomic E-state index is 8.79. The van der Waals surface area contributed by atoms with Crippen LogP contribution in [0.15, 0.2) is 24.3 Å². The molecule has 0 saturated heterocycles. The normalized spacial score (nSPS) is 18.4. The minimum Gasteiger partial charge on any atom is -0.310 e. The summed E-state index contributed by atoms with van der Waals surface area (Å²) < 4.78 is 0. The second kappa shape index (κ2) is 4.89. The second-order valence-corrected chi connectivity index (χ2v) is 5.29. The van der Waals surface area contributed by atoms with Crippen molar-refractivity contribution in [3.63, 3.8) is 0 Å². The number of rotatable bonds is 5. The number of hydrogen-bond donors (Lipinski definition) is 1. The first kappa shape index (κ1) is 12.1. The third kappa shape index (κ3) is 2.87. The summed E-state index contributed by atoms with van der Waals surface area (Å²) in [7, 11) is 0. The standard InChI is InChI=1S/C15H20N2/c1-12-5-3-4-6-14(12)13(2)17-11-15(7-8-15)9-10-16/h3-6,13,17H,7-9,11H2,1-2H3/t13-/m1/s1. The van der Waals surface area contributed by atoms with Gasteiger partial charge in [-0.3, -0.25) is 0 Å². The number of nitrogens with one attached hydrogen (secondary N) is 1. The molecule has 0 spiro atoms. The maximum atomic E-state index is 8.79. The Morgan fingerprint density at radius 1 is 1.41 bits per heavy atom. The van der Waals surface area contributed by atoms with Crippen molar-refractivity contribution < 1.29 is 0 Å². The van der Waals surface area contributed by atoms with Gasteiger partial charge in [-0.15, -0.1) is 0 Å². The summed E-state index contributed by atoms with van der Waals surface area (Å²) in [5.74, 6) is 0. The Bertz CT molecular complexity index is 427. The van der Waals surface area contributed by atoms with Crippen molar-refractivity contribution in [2.24, 2.45) is 5.41 Å². The zero-order valence-electron chi connectivity index (χ0n) is 10.7. The molecule has 17 heavy (non-hydrogen) atoms. The first-order valence-corrected chi connectivity index (χ1v) is 6.33. The van der Waals surface area contributed by atoms with Crippen LogP contribution in [0, 0.1) is 23.7 Å². The van der Waals surface area contributed by atoms with Gasteiger partial charge in [0.1, 0.15) is 0 Å². The van der Waals surface area contributed by atoms with Crippen LogP contribution < -0.4 is 5.32 Å². The smallest absolute Gasteiger partial charge is 0.0628 e. The topological polar surface area (TPSA) is 35.8 Å². The molecule has 90 valence electrons. The van der Waals surface area contributed by atoms with E-state index in [9.17, 15) is 0 Å². The Morgan fingerprint density at radius 2 is 2.12 bits per heavy atom. The Balaban J connectivity index is 1.92. The van der Waals surface area contributed by atoms with Crippen molar-refractivity contribution in [3.8, 4) is 6.07 Å². The molecule has 0 unspecified atom stereocenters. The van der Waals surface area contributed by atoms with E-state index in [-0.39, 0.29) is 5.41 Å². The number of nitriles is 1. The van der Waals surface area contributed by atoms with Gasteiger partial charge in [-0.1, -0.05) is 24.3 Å². The van der Waals surface area contributed by atoms with Gasteiger partial charge in [-0.2, -0.15) is 5.26 Å². The van der Waals surface area contributed by atoms with Gasteiger partial charge in [0.2, 0.25) is 0 Å². The highest BCUT2D eigenvalue weighted by molar-refractivity contribution is 5.28. The largest absolute Gasteiger partial charge is 0.310 e. The minimum atomic E-state index is 0.283. The molecular formula is C15H20N2. The third-order valence-corrected chi connectivity index (χ3v) is 3.85. The van der Waals surface area contributed by atoms with Gasteiger partial charge in [0, 0.05) is 19.0 Å². The van der Waals surface area contributed by atoms with E-state index in [2.05, 4.69) is 49.5 Å². The zero-order chi connectivity index (χ0) is 12.3. The molecular weight excluding hydrogens is 208 g/mol. The van der Waals surface area contributed by atoms with Gasteiger partial charge >= 0.3 is 0 Å². The Labute approximate surface area is 104 Å². The van der Waals surface area contributed by atoms with Gasteiger partial charge in [-0.05, 0) is 43.2 Å². The number of nitrogens with zero attached hydrogens (tertiary/aromatic N) is 1. The lowest BCUT2D eigenvalue weighted by Gasteiger charge is -2.20. The number of hydrogen-bond acceptors (Lipinski definition) is 2. The molecule has 1 atom stereocenters. The van der Waals surface area contributed by atoms with Crippen molar-refractivity contribution in [1.29, 1.82) is 5.26 Å². The van der Waals surface area contributed by atoms with Crippen molar-refractivity contribution in [2.75, 3.05) is 6.54 Å². The number of aryl methyl sites for hydroxylation is 1. The van der Waals surface area contributed by atoms with Crippen LogP contribution in [-0.2, 0) is 0 Å². The monoisotopic (exact) mass is 228 g/mol. The van der Waals surface area contributed by atoms with E-state index in [0.29, 0.717) is 12.5 Å². The van der Waals surface area contributed by atoms with Crippen molar-refractivity contribution in [3.05, 3.63) is 35.4 Å². The highest BCUT2D eigenvalue weighted by Gasteiger charge is 2.42. The summed E-state index contributed by atoms with van der Waals surface area (Å²) in [6.07, 6.45) is 3.10. The van der Waals surface area contributed by atoms with Gasteiger partial charge in [0.25, 0.3) is 0 Å². The van der Waals surface area contributed by atoms with Crippen LogP contribution in [0.4, 0.5) is 0 Å². The van der Waals surface area contributed by atoms with E-state index in [1.807, 2.05) is 0 Å². The molecule has 1 saturated carbocycles. The molecule has 1 N–H and O–H groups in total. The Kier molecular flexibility index (Phi) is 3.49. The quantitative estimate of drug-likeness (QED) is 0.839. The van der Waals surface area contributed by atoms with E-state index < -0.39 is 0 Å². The Hall–Kier alpha value is -1.33. The van der Waals surface area contributed by atoms with Gasteiger partial charge in [0.15, 0.2) is 0 Å². The SMILES string of the molecule is Cc1ccccc1[C@@H](C)NCC1(CC#N)CC1. The molecule has 0 heterocycles. The molecule has 2 heteroatoms. The van der Waals surface area contributed by atoms with Crippen molar-refractivity contribution >= 4 is 0 Å². The van der Waals surface area contributed by atoms with Crippen LogP contribution in [0.2, 0.25) is 0 Å². The van der Waals surface area contributed by atoms with Gasteiger partial charge < -0.3 is 5.32 Å². The van der Waals surface area contributed by atoms with Crippen LogP contribution in [0.5, 0.6) is 0 Å². The second-order valence-electron chi connectivity index (χ2n) is 5.29. The summed E-state index contributed by atoms with van der Waals surface area (Å²) in [5, 5.41) is 12.4. The van der Waals surface area contributed by atoms with Gasteiger partial charge in [-0.25, -0.2) is 0 Å². The summed E-state index contributed by atoms with van der Waals surface area (Å²) in [4.78, 5) is 0. The van der Waals surface area contributed by atoms with Crippen molar-refractivity contribution in [1.82, 2.24) is 5.32 Å². The van der Waals surface area contributed by atoms with Crippen LogP contribution in [-0.4, -0.2) is 6.54 Å². The van der Waals surface area contributed by atoms with E-state index in [4.69, 9.17) is 5.26 Å². The highest BCUT2D eigenvalue weighted by Crippen LogP contribution is 2.48. The summed E-state index contributed by atoms with van der Waals surface area (Å²) in [6.45, 7) is 5.32. The fourth-order valence-electron chi connectivity index (χ4n) is 2.31. The Morgan fingerprint density at radius 3 is 2.71 bits per heavy atom. The molecule has 1 aromatic carbocycles. The molecule has 1 aromatic rings. The van der Waals surface area contributed by atoms with E-state index in [1.54, 1.807) is 0 Å². The molecule has 1 aliphatic carbocycles. The third-order valence-electron chi connectivity index (χ3n) is 3.85. The lowest BCUT2D eigenvalue weighted by molar-refractivity contribution is 0.432. The average Bonchev–Trinajstić information content (AvgIpc) is 3.08. The van der Waals surface area contributed by atoms with E-state index in [0.717, 1.165) is 6.54 Å². The van der Waals surface area contributed by atoms with E-state index >= 15 is 0 Å². The van der Waals surface area contributed by atoms with Crippen LogP contribution in [0.1, 0.15) is 43.4 Å². The highest BCUT2D eigenvalue weighted by atomic mass is 14.9. The number of benzene rings is 1. The molecule has 0 aromatic heterocycles. The predicted molar refractivity (Wildman–Crippen MR) is 69.5 cm³/mol. The van der Waals surface area contributed by atoms with Gasteiger partial charge in [0.05, 0.1) is 6.07 Å². The molecule has 2 rings (SSSR count). The molecule has 1 fully saturated rings. The van der Waals surface area contributed by atoms with E-state index in [1.165, 1.54) is 24.0 Å². The minimum absolute atomic E-state index is 0.283. The first-order chi connectivity index (χ1) is 8.17. The maximum Gasteiger partial charge on any atom is 0.0628 e.